The van der Waals surface area contributed by atoms with Crippen molar-refractivity contribution in [2.24, 2.45) is 5.92 Å². The second kappa shape index (κ2) is 3.44. The minimum absolute atomic E-state index is 0.308. The summed E-state index contributed by atoms with van der Waals surface area (Å²) in [5.41, 5.74) is 0.308. The van der Waals surface area contributed by atoms with Crippen LogP contribution in [0.4, 0.5) is 0 Å². The summed E-state index contributed by atoms with van der Waals surface area (Å²) < 4.78 is 1.79. The largest absolute Gasteiger partial charge is 0.477 e. The Bertz CT molecular complexity index is 353. The molecule has 0 amide bonds. The second-order valence-corrected chi connectivity index (χ2v) is 3.88. The highest BCUT2D eigenvalue weighted by molar-refractivity contribution is 5.85. The normalized spacial score (nSPS) is 15.8. The molecule has 1 heterocycles. The molecule has 76 valence electrons. The van der Waals surface area contributed by atoms with Crippen LogP contribution in [-0.4, -0.2) is 20.6 Å². The topological polar surface area (TPSA) is 55.1 Å². The summed E-state index contributed by atoms with van der Waals surface area (Å²) >= 11 is 0. The van der Waals surface area contributed by atoms with Gasteiger partial charge in [0.25, 0.3) is 0 Å². The summed E-state index contributed by atoms with van der Waals surface area (Å²) in [6, 6.07) is 0. The van der Waals surface area contributed by atoms with Crippen LogP contribution in [0.1, 0.15) is 35.6 Å². The lowest BCUT2D eigenvalue weighted by Gasteiger charge is -2.06. The minimum atomic E-state index is -0.888. The van der Waals surface area contributed by atoms with E-state index in [9.17, 15) is 4.79 Å². The molecule has 0 aromatic carbocycles. The van der Waals surface area contributed by atoms with Crippen LogP contribution in [0, 0.1) is 12.8 Å². The van der Waals surface area contributed by atoms with Gasteiger partial charge in [-0.3, -0.25) is 0 Å². The molecule has 1 aliphatic rings. The predicted molar refractivity (Wildman–Crippen MR) is 51.3 cm³/mol. The van der Waals surface area contributed by atoms with Crippen LogP contribution in [-0.2, 0) is 6.54 Å². The number of imidazole rings is 1. The Morgan fingerprint density at radius 1 is 1.71 bits per heavy atom. The zero-order chi connectivity index (χ0) is 10.1. The van der Waals surface area contributed by atoms with Gasteiger partial charge in [0.05, 0.1) is 6.20 Å². The molecule has 1 aromatic heterocycles. The molecule has 4 heteroatoms. The fourth-order valence-electron chi connectivity index (χ4n) is 1.64. The Balaban J connectivity index is 2.11. The first-order valence-electron chi connectivity index (χ1n) is 4.94. The third-order valence-corrected chi connectivity index (χ3v) is 2.73. The summed E-state index contributed by atoms with van der Waals surface area (Å²) in [5.74, 6) is 0.725. The minimum Gasteiger partial charge on any atom is -0.477 e. The molecule has 1 aliphatic carbocycles. The fraction of sp³-hybridized carbons (Fsp3) is 0.600. The maximum atomic E-state index is 10.8. The number of aryl methyl sites for hydroxylation is 1. The van der Waals surface area contributed by atoms with E-state index in [4.69, 9.17) is 5.11 Å². The maximum absolute atomic E-state index is 10.8. The van der Waals surface area contributed by atoms with Gasteiger partial charge in [-0.15, -0.1) is 0 Å². The fourth-order valence-corrected chi connectivity index (χ4v) is 1.64. The van der Waals surface area contributed by atoms with Crippen LogP contribution in [0.15, 0.2) is 6.20 Å². The van der Waals surface area contributed by atoms with E-state index >= 15 is 0 Å². The Kier molecular flexibility index (Phi) is 2.27. The molecule has 1 fully saturated rings. The van der Waals surface area contributed by atoms with Crippen LogP contribution in [0.5, 0.6) is 0 Å². The van der Waals surface area contributed by atoms with Gasteiger partial charge in [0.15, 0.2) is 0 Å². The van der Waals surface area contributed by atoms with Crippen LogP contribution in [0.25, 0.3) is 0 Å². The van der Waals surface area contributed by atoms with Crippen molar-refractivity contribution in [3.63, 3.8) is 0 Å². The lowest BCUT2D eigenvalue weighted by atomic mass is 10.3. The van der Waals surface area contributed by atoms with Crippen molar-refractivity contribution in [1.29, 1.82) is 0 Å². The highest BCUT2D eigenvalue weighted by Crippen LogP contribution is 2.32. The molecule has 0 saturated heterocycles. The van der Waals surface area contributed by atoms with E-state index in [1.165, 1.54) is 19.0 Å². The van der Waals surface area contributed by atoms with Crippen LogP contribution in [0.2, 0.25) is 0 Å². The summed E-state index contributed by atoms with van der Waals surface area (Å²) in [6.45, 7) is 2.64. The Hall–Kier alpha value is -1.32. The summed E-state index contributed by atoms with van der Waals surface area (Å²) in [6.07, 6.45) is 5.12. The smallest absolute Gasteiger partial charge is 0.354 e. The number of hydrogen-bond donors (Lipinski definition) is 1. The van der Waals surface area contributed by atoms with Gasteiger partial charge in [0, 0.05) is 6.54 Å². The van der Waals surface area contributed by atoms with Crippen molar-refractivity contribution in [3.05, 3.63) is 17.7 Å². The molecule has 4 nitrogen and oxygen atoms in total. The maximum Gasteiger partial charge on any atom is 0.354 e. The van der Waals surface area contributed by atoms with Gasteiger partial charge >= 0.3 is 5.97 Å². The van der Waals surface area contributed by atoms with Crippen molar-refractivity contribution in [2.75, 3.05) is 0 Å². The lowest BCUT2D eigenvalue weighted by molar-refractivity contribution is 0.0684. The molecule has 0 radical (unpaired) electrons. The number of aromatic nitrogens is 2. The summed E-state index contributed by atoms with van der Waals surface area (Å²) in [5, 5.41) is 8.90. The zero-order valence-electron chi connectivity index (χ0n) is 8.23. The van der Waals surface area contributed by atoms with E-state index < -0.39 is 5.97 Å². The molecule has 0 unspecified atom stereocenters. The van der Waals surface area contributed by atoms with E-state index in [-0.39, 0.29) is 0 Å². The Labute approximate surface area is 82.6 Å². The average Bonchev–Trinajstić information content (AvgIpc) is 2.87. The second-order valence-electron chi connectivity index (χ2n) is 3.88. The van der Waals surface area contributed by atoms with Gasteiger partial charge < -0.3 is 9.67 Å². The van der Waals surface area contributed by atoms with E-state index in [1.54, 1.807) is 4.57 Å². The lowest BCUT2D eigenvalue weighted by Crippen LogP contribution is -2.10. The molecule has 1 saturated carbocycles. The van der Waals surface area contributed by atoms with Gasteiger partial charge in [0.2, 0.25) is 0 Å². The van der Waals surface area contributed by atoms with Crippen molar-refractivity contribution in [3.8, 4) is 0 Å². The van der Waals surface area contributed by atoms with Gasteiger partial charge in [-0.25, -0.2) is 9.78 Å². The molecule has 2 rings (SSSR count). The first kappa shape index (κ1) is 9.24. The van der Waals surface area contributed by atoms with Gasteiger partial charge in [-0.05, 0) is 19.3 Å². The number of carboxylic acid groups (broad SMARTS) is 1. The predicted octanol–water partition coefficient (Wildman–Crippen LogP) is 1.69. The quantitative estimate of drug-likeness (QED) is 0.793. The van der Waals surface area contributed by atoms with E-state index in [0.29, 0.717) is 5.69 Å². The zero-order valence-corrected chi connectivity index (χ0v) is 8.23. The van der Waals surface area contributed by atoms with Crippen LogP contribution in [0.3, 0.4) is 0 Å². The SMILES string of the molecule is Cc1ncc(C(=O)O)n1CCC1CC1. The number of carboxylic acids is 1. The molecule has 0 aliphatic heterocycles. The Morgan fingerprint density at radius 2 is 2.43 bits per heavy atom. The third-order valence-electron chi connectivity index (χ3n) is 2.73. The van der Waals surface area contributed by atoms with Crippen LogP contribution < -0.4 is 0 Å². The Morgan fingerprint density at radius 3 is 3.00 bits per heavy atom. The molecule has 0 atom stereocenters. The van der Waals surface area contributed by atoms with Crippen molar-refractivity contribution >= 4 is 5.97 Å². The molecule has 1 N–H and O–H groups in total. The first-order chi connectivity index (χ1) is 6.68. The number of aromatic carboxylic acids is 1. The van der Waals surface area contributed by atoms with E-state index in [2.05, 4.69) is 4.98 Å². The van der Waals surface area contributed by atoms with E-state index in [1.807, 2.05) is 6.92 Å². The first-order valence-corrected chi connectivity index (χ1v) is 4.94. The van der Waals surface area contributed by atoms with Gasteiger partial charge in [-0.2, -0.15) is 0 Å². The molecule has 0 bridgehead atoms. The summed E-state index contributed by atoms with van der Waals surface area (Å²) in [7, 11) is 0. The number of carbonyl (C=O) groups is 1. The average molecular weight is 194 g/mol. The van der Waals surface area contributed by atoms with Gasteiger partial charge in [0.1, 0.15) is 11.5 Å². The van der Waals surface area contributed by atoms with Crippen molar-refractivity contribution in [1.82, 2.24) is 9.55 Å². The molecular formula is C10H14N2O2. The highest BCUT2D eigenvalue weighted by atomic mass is 16.4. The molecule has 14 heavy (non-hydrogen) atoms. The third kappa shape index (κ3) is 1.78. The number of rotatable bonds is 4. The van der Waals surface area contributed by atoms with E-state index in [0.717, 1.165) is 24.7 Å². The molecule has 1 aromatic rings. The van der Waals surface area contributed by atoms with Crippen LogP contribution >= 0.6 is 0 Å². The highest BCUT2D eigenvalue weighted by Gasteiger charge is 2.22. The standard InChI is InChI=1S/C10H14N2O2/c1-7-11-6-9(10(13)14)12(7)5-4-8-2-3-8/h6,8H,2-5H2,1H3,(H,13,14). The molecular weight excluding hydrogens is 180 g/mol. The van der Waals surface area contributed by atoms with Crippen molar-refractivity contribution < 1.29 is 9.90 Å². The number of hydrogen-bond acceptors (Lipinski definition) is 2. The monoisotopic (exact) mass is 194 g/mol. The summed E-state index contributed by atoms with van der Waals surface area (Å²) in [4.78, 5) is 14.9. The van der Waals surface area contributed by atoms with Gasteiger partial charge in [-0.1, -0.05) is 12.8 Å². The number of nitrogens with zero attached hydrogens (tertiary/aromatic N) is 2. The van der Waals surface area contributed by atoms with Crippen molar-refractivity contribution in [2.45, 2.75) is 32.7 Å². The molecule has 0 spiro atoms.